The zero-order valence-electron chi connectivity index (χ0n) is 15.4. The van der Waals surface area contributed by atoms with Crippen molar-refractivity contribution in [2.24, 2.45) is 0 Å². The Morgan fingerprint density at radius 3 is 2.62 bits per heavy atom. The standard InChI is InChI=1S/C22H16ClNO4S/c1-2-27-19-10-6-5-9-17(19)24-21(25)20(29-22(24)26)13-14-11-12-18(28-14)15-7-3-4-8-16(15)23/h3-13H,2H2,1H3/b20-13+. The lowest BCUT2D eigenvalue weighted by Gasteiger charge is -2.16. The van der Waals surface area contributed by atoms with Gasteiger partial charge in [-0.05, 0) is 55.1 Å². The molecule has 5 nitrogen and oxygen atoms in total. The highest BCUT2D eigenvalue weighted by Crippen LogP contribution is 2.40. The molecule has 1 fully saturated rings. The number of hydrogen-bond acceptors (Lipinski definition) is 5. The summed E-state index contributed by atoms with van der Waals surface area (Å²) in [4.78, 5) is 26.8. The second-order valence-corrected chi connectivity index (χ2v) is 7.50. The summed E-state index contributed by atoms with van der Waals surface area (Å²) in [5, 5.41) is 0.188. The molecule has 1 saturated heterocycles. The summed E-state index contributed by atoms with van der Waals surface area (Å²) in [6.07, 6.45) is 1.56. The number of rotatable bonds is 5. The molecule has 146 valence electrons. The van der Waals surface area contributed by atoms with E-state index < -0.39 is 5.91 Å². The molecule has 7 heteroatoms. The number of benzene rings is 2. The zero-order valence-corrected chi connectivity index (χ0v) is 17.0. The zero-order chi connectivity index (χ0) is 20.4. The maximum absolute atomic E-state index is 12.9. The number of thioether (sulfide) groups is 1. The molecule has 1 aromatic heterocycles. The van der Waals surface area contributed by atoms with Gasteiger partial charge >= 0.3 is 0 Å². The fraction of sp³-hybridized carbons (Fsp3) is 0.0909. The van der Waals surface area contributed by atoms with Gasteiger partial charge in [0.05, 0.1) is 22.2 Å². The molecule has 29 heavy (non-hydrogen) atoms. The third kappa shape index (κ3) is 3.81. The highest BCUT2D eigenvalue weighted by molar-refractivity contribution is 8.19. The van der Waals surface area contributed by atoms with Crippen molar-refractivity contribution in [1.29, 1.82) is 0 Å². The smallest absolute Gasteiger partial charge is 0.298 e. The minimum atomic E-state index is -0.414. The van der Waals surface area contributed by atoms with E-state index in [1.54, 1.807) is 48.5 Å². The molecule has 3 aromatic rings. The topological polar surface area (TPSA) is 59.8 Å². The van der Waals surface area contributed by atoms with Gasteiger partial charge in [-0.2, -0.15) is 0 Å². The second kappa shape index (κ2) is 8.19. The lowest BCUT2D eigenvalue weighted by Crippen LogP contribution is -2.28. The Morgan fingerprint density at radius 2 is 1.83 bits per heavy atom. The SMILES string of the molecule is CCOc1ccccc1N1C(=O)S/C(=C/c2ccc(-c3ccccc3Cl)o2)C1=O. The van der Waals surface area contributed by atoms with Gasteiger partial charge in [0.2, 0.25) is 0 Å². The predicted octanol–water partition coefficient (Wildman–Crippen LogP) is 6.24. The fourth-order valence-corrected chi connectivity index (χ4v) is 4.00. The highest BCUT2D eigenvalue weighted by atomic mass is 35.5. The molecule has 4 rings (SSSR count). The normalized spacial score (nSPS) is 15.4. The maximum Gasteiger partial charge on any atom is 0.298 e. The molecule has 2 heterocycles. The van der Waals surface area contributed by atoms with Crippen molar-refractivity contribution >= 4 is 46.3 Å². The average molecular weight is 426 g/mol. The van der Waals surface area contributed by atoms with Crippen molar-refractivity contribution in [3.8, 4) is 17.1 Å². The Morgan fingerprint density at radius 1 is 1.07 bits per heavy atom. The van der Waals surface area contributed by atoms with E-state index in [1.165, 1.54) is 0 Å². The van der Waals surface area contributed by atoms with Crippen LogP contribution in [0.3, 0.4) is 0 Å². The summed E-state index contributed by atoms with van der Waals surface area (Å²) in [6, 6.07) is 17.8. The molecule has 0 atom stereocenters. The third-order valence-corrected chi connectivity index (χ3v) is 5.44. The first-order valence-corrected chi connectivity index (χ1v) is 10.1. The number of para-hydroxylation sites is 2. The number of ether oxygens (including phenoxy) is 1. The van der Waals surface area contributed by atoms with Gasteiger partial charge in [0, 0.05) is 11.6 Å². The van der Waals surface area contributed by atoms with Gasteiger partial charge in [-0.3, -0.25) is 9.59 Å². The average Bonchev–Trinajstić information content (AvgIpc) is 3.28. The van der Waals surface area contributed by atoms with Crippen molar-refractivity contribution < 1.29 is 18.7 Å². The maximum atomic E-state index is 12.9. The van der Waals surface area contributed by atoms with E-state index in [4.69, 9.17) is 20.8 Å². The number of furan rings is 1. The summed E-state index contributed by atoms with van der Waals surface area (Å²) in [5.74, 6) is 1.12. The molecule has 0 N–H and O–H groups in total. The van der Waals surface area contributed by atoms with Gasteiger partial charge in [0.25, 0.3) is 11.1 Å². The lowest BCUT2D eigenvalue weighted by atomic mass is 10.2. The summed E-state index contributed by atoms with van der Waals surface area (Å²) in [7, 11) is 0. The summed E-state index contributed by atoms with van der Waals surface area (Å²) in [5.41, 5.74) is 1.18. The Hall–Kier alpha value is -2.96. The number of nitrogens with zero attached hydrogens (tertiary/aromatic N) is 1. The van der Waals surface area contributed by atoms with Gasteiger partial charge < -0.3 is 9.15 Å². The van der Waals surface area contributed by atoms with Crippen molar-refractivity contribution in [2.45, 2.75) is 6.92 Å². The van der Waals surface area contributed by atoms with E-state index in [1.807, 2.05) is 25.1 Å². The molecule has 0 aliphatic carbocycles. The van der Waals surface area contributed by atoms with Crippen LogP contribution in [0.2, 0.25) is 5.02 Å². The van der Waals surface area contributed by atoms with E-state index in [-0.39, 0.29) is 10.1 Å². The first-order valence-electron chi connectivity index (χ1n) is 8.93. The van der Waals surface area contributed by atoms with Crippen molar-refractivity contribution in [3.63, 3.8) is 0 Å². The summed E-state index contributed by atoms with van der Waals surface area (Å²) in [6.45, 7) is 2.28. The van der Waals surface area contributed by atoms with Crippen LogP contribution in [0.15, 0.2) is 70.0 Å². The number of hydrogen-bond donors (Lipinski definition) is 0. The fourth-order valence-electron chi connectivity index (χ4n) is 2.96. The monoisotopic (exact) mass is 425 g/mol. The van der Waals surface area contributed by atoms with E-state index >= 15 is 0 Å². The Labute approximate surface area is 176 Å². The van der Waals surface area contributed by atoms with E-state index in [0.29, 0.717) is 34.6 Å². The van der Waals surface area contributed by atoms with E-state index in [9.17, 15) is 9.59 Å². The number of carbonyl (C=O) groups excluding carboxylic acids is 2. The van der Waals surface area contributed by atoms with Crippen LogP contribution in [-0.4, -0.2) is 17.8 Å². The van der Waals surface area contributed by atoms with Crippen molar-refractivity contribution in [1.82, 2.24) is 0 Å². The van der Waals surface area contributed by atoms with Gasteiger partial charge in [-0.1, -0.05) is 35.9 Å². The number of halogens is 1. The number of amides is 2. The lowest BCUT2D eigenvalue weighted by molar-refractivity contribution is -0.113. The van der Waals surface area contributed by atoms with Crippen LogP contribution in [0.4, 0.5) is 10.5 Å². The minimum absolute atomic E-state index is 0.279. The molecule has 0 bridgehead atoms. The first-order chi connectivity index (χ1) is 14.1. The Kier molecular flexibility index (Phi) is 5.47. The molecule has 1 aliphatic heterocycles. The Balaban J connectivity index is 1.63. The van der Waals surface area contributed by atoms with Crippen LogP contribution in [-0.2, 0) is 4.79 Å². The van der Waals surface area contributed by atoms with Crippen LogP contribution in [0.1, 0.15) is 12.7 Å². The summed E-state index contributed by atoms with van der Waals surface area (Å²) >= 11 is 7.07. The number of carbonyl (C=O) groups is 2. The van der Waals surface area contributed by atoms with Gasteiger partial charge in [0.15, 0.2) is 0 Å². The van der Waals surface area contributed by atoms with Gasteiger partial charge in [0.1, 0.15) is 17.3 Å². The highest BCUT2D eigenvalue weighted by Gasteiger charge is 2.38. The third-order valence-electron chi connectivity index (χ3n) is 4.24. The van der Waals surface area contributed by atoms with Crippen LogP contribution in [0.5, 0.6) is 5.75 Å². The quantitative estimate of drug-likeness (QED) is 0.453. The largest absolute Gasteiger partial charge is 0.492 e. The molecular weight excluding hydrogens is 410 g/mol. The predicted molar refractivity (Wildman–Crippen MR) is 115 cm³/mol. The number of anilines is 1. The molecule has 1 aliphatic rings. The first kappa shape index (κ1) is 19.4. The van der Waals surface area contributed by atoms with Crippen molar-refractivity contribution in [2.75, 3.05) is 11.5 Å². The number of imide groups is 1. The van der Waals surface area contributed by atoms with Gasteiger partial charge in [-0.25, -0.2) is 4.90 Å². The summed E-state index contributed by atoms with van der Waals surface area (Å²) < 4.78 is 11.4. The molecule has 0 spiro atoms. The molecule has 0 saturated carbocycles. The van der Waals surface area contributed by atoms with Crippen LogP contribution in [0.25, 0.3) is 17.4 Å². The van der Waals surface area contributed by atoms with Crippen LogP contribution in [0, 0.1) is 0 Å². The van der Waals surface area contributed by atoms with Crippen LogP contribution < -0.4 is 9.64 Å². The second-order valence-electron chi connectivity index (χ2n) is 6.10. The van der Waals surface area contributed by atoms with Crippen LogP contribution >= 0.6 is 23.4 Å². The van der Waals surface area contributed by atoms with Crippen molar-refractivity contribution in [3.05, 3.63) is 76.4 Å². The van der Waals surface area contributed by atoms with E-state index in [2.05, 4.69) is 0 Å². The van der Waals surface area contributed by atoms with Gasteiger partial charge in [-0.15, -0.1) is 0 Å². The molecular formula is C22H16ClNO4S. The van der Waals surface area contributed by atoms with E-state index in [0.717, 1.165) is 22.2 Å². The molecule has 2 aromatic carbocycles. The molecule has 0 radical (unpaired) electrons. The Bertz CT molecular complexity index is 1120. The molecule has 0 unspecified atom stereocenters. The minimum Gasteiger partial charge on any atom is -0.492 e. The molecule has 2 amide bonds.